The van der Waals surface area contributed by atoms with Crippen LogP contribution in [0.5, 0.6) is 0 Å². The second-order valence-electron chi connectivity index (χ2n) is 8.70. The Morgan fingerprint density at radius 2 is 1.75 bits per heavy atom. The van der Waals surface area contributed by atoms with Gasteiger partial charge in [0.2, 0.25) is 0 Å². The summed E-state index contributed by atoms with van der Waals surface area (Å²) in [7, 11) is 0.351. The van der Waals surface area contributed by atoms with Crippen LogP contribution >= 0.6 is 0 Å². The van der Waals surface area contributed by atoms with Crippen molar-refractivity contribution in [3.63, 3.8) is 0 Å². The number of amides is 2. The molecule has 2 aromatic carbocycles. The minimum atomic E-state index is -3.34. The number of rotatable bonds is 7. The molecule has 7 nitrogen and oxygen atoms in total. The molecule has 8 heteroatoms. The Kier molecular flexibility index (Phi) is 6.95. The lowest BCUT2D eigenvalue weighted by Crippen LogP contribution is -2.22. The molecule has 4 rings (SSSR count). The molecule has 2 amide bonds. The second kappa shape index (κ2) is 9.70. The molecule has 32 heavy (non-hydrogen) atoms. The number of hydrogen-bond acceptors (Lipinski definition) is 4. The maximum atomic E-state index is 13.1. The number of anilines is 1. The topological polar surface area (TPSA) is 97.0 Å². The fourth-order valence-electron chi connectivity index (χ4n) is 4.70. The first-order chi connectivity index (χ1) is 15.4. The van der Waals surface area contributed by atoms with E-state index in [1.807, 2.05) is 19.2 Å². The number of aryl methyl sites for hydroxylation is 2. The van der Waals surface area contributed by atoms with Crippen LogP contribution in [0.25, 0.3) is 0 Å². The largest absolute Gasteiger partial charge is 0.383 e. The molecule has 0 saturated carbocycles. The van der Waals surface area contributed by atoms with Crippen LogP contribution < -0.4 is 10.5 Å². The number of nitrogens with one attached hydrogen (secondary N) is 1. The Morgan fingerprint density at radius 3 is 2.34 bits per heavy atom. The van der Waals surface area contributed by atoms with Gasteiger partial charge in [-0.25, -0.2) is 14.1 Å². The predicted octanol–water partition coefficient (Wildman–Crippen LogP) is 3.67. The molecule has 1 atom stereocenters. The van der Waals surface area contributed by atoms with Crippen molar-refractivity contribution in [3.05, 3.63) is 58.1 Å². The van der Waals surface area contributed by atoms with E-state index in [-0.39, 0.29) is 0 Å². The highest BCUT2D eigenvalue weighted by molar-refractivity contribution is 7.91. The molecule has 0 aliphatic heterocycles. The van der Waals surface area contributed by atoms with Crippen molar-refractivity contribution in [1.82, 2.24) is 4.90 Å². The maximum Gasteiger partial charge on any atom is 0.354 e. The van der Waals surface area contributed by atoms with Crippen LogP contribution in [-0.4, -0.2) is 42.4 Å². The summed E-state index contributed by atoms with van der Waals surface area (Å²) >= 11 is 0. The van der Waals surface area contributed by atoms with Gasteiger partial charge in [-0.3, -0.25) is 4.90 Å². The van der Waals surface area contributed by atoms with Crippen LogP contribution in [0.15, 0.2) is 39.6 Å². The van der Waals surface area contributed by atoms with Crippen LogP contribution in [0.4, 0.5) is 10.5 Å². The Morgan fingerprint density at radius 1 is 1.12 bits per heavy atom. The average molecular weight is 457 g/mol. The lowest BCUT2D eigenvalue weighted by atomic mass is 9.99. The first-order valence-corrected chi connectivity index (χ1v) is 12.7. The Bertz CT molecular complexity index is 1090. The smallest absolute Gasteiger partial charge is 0.354 e. The Balaban J connectivity index is 1.50. The second-order valence-corrected chi connectivity index (χ2v) is 10.5. The fourth-order valence-corrected chi connectivity index (χ4v) is 5.62. The molecule has 2 aromatic rings. The third-order valence-electron chi connectivity index (χ3n) is 6.31. The maximum absolute atomic E-state index is 13.1. The van der Waals surface area contributed by atoms with Gasteiger partial charge in [0.1, 0.15) is 9.92 Å². The number of carbonyl (C=O) groups is 1. The molecule has 0 spiro atoms. The minimum Gasteiger partial charge on any atom is -0.383 e. The standard InChI is InChI=1S/C24H32N4O3S/c1-28(13-14-31-2)16-17-9-11-20(12-10-17)32(25,30)27-24(29)26-23-21-7-3-5-18(21)15-19-6-4-8-22(19)23/h9-12,15H,3-8,13-14,16H2,1-2H3,(H3,25,26,27,29,30). The lowest BCUT2D eigenvalue weighted by molar-refractivity contribution is 0.158. The summed E-state index contributed by atoms with van der Waals surface area (Å²) < 4.78 is 22.0. The van der Waals surface area contributed by atoms with Crippen molar-refractivity contribution < 1.29 is 13.7 Å². The summed E-state index contributed by atoms with van der Waals surface area (Å²) in [5.74, 6) is 0. The van der Waals surface area contributed by atoms with Gasteiger partial charge >= 0.3 is 6.03 Å². The Hall–Kier alpha value is -2.26. The molecule has 0 bridgehead atoms. The van der Waals surface area contributed by atoms with E-state index in [4.69, 9.17) is 9.88 Å². The van der Waals surface area contributed by atoms with Crippen molar-refractivity contribution in [3.8, 4) is 0 Å². The van der Waals surface area contributed by atoms with E-state index in [0.717, 1.165) is 62.9 Å². The molecule has 0 heterocycles. The average Bonchev–Trinajstić information content (AvgIpc) is 3.41. The summed E-state index contributed by atoms with van der Waals surface area (Å²) in [5, 5.41) is 8.95. The molecule has 0 saturated heterocycles. The van der Waals surface area contributed by atoms with Gasteiger partial charge in [-0.1, -0.05) is 18.2 Å². The van der Waals surface area contributed by atoms with Gasteiger partial charge in [-0.2, -0.15) is 0 Å². The van der Waals surface area contributed by atoms with Crippen molar-refractivity contribution in [2.24, 2.45) is 9.50 Å². The molecule has 0 aromatic heterocycles. The van der Waals surface area contributed by atoms with E-state index in [2.05, 4.69) is 20.6 Å². The fraction of sp³-hybridized carbons (Fsp3) is 0.458. The predicted molar refractivity (Wildman–Crippen MR) is 127 cm³/mol. The highest BCUT2D eigenvalue weighted by Gasteiger charge is 2.25. The number of benzene rings is 2. The minimum absolute atomic E-state index is 0.347. The van der Waals surface area contributed by atoms with Crippen molar-refractivity contribution in [2.45, 2.75) is 50.0 Å². The van der Waals surface area contributed by atoms with E-state index >= 15 is 0 Å². The van der Waals surface area contributed by atoms with Gasteiger partial charge in [0.15, 0.2) is 0 Å². The van der Waals surface area contributed by atoms with Crippen molar-refractivity contribution >= 4 is 21.6 Å². The summed E-state index contributed by atoms with van der Waals surface area (Å²) in [4.78, 5) is 15.2. The molecule has 2 aliphatic carbocycles. The zero-order valence-electron chi connectivity index (χ0n) is 18.9. The lowest BCUT2D eigenvalue weighted by Gasteiger charge is -2.16. The van der Waals surface area contributed by atoms with Gasteiger partial charge < -0.3 is 10.1 Å². The number of urea groups is 1. The molecule has 0 fully saturated rings. The quantitative estimate of drug-likeness (QED) is 0.664. The zero-order chi connectivity index (χ0) is 22.7. The first-order valence-electron chi connectivity index (χ1n) is 11.2. The van der Waals surface area contributed by atoms with Crippen LogP contribution in [0.2, 0.25) is 0 Å². The zero-order valence-corrected chi connectivity index (χ0v) is 19.7. The summed E-state index contributed by atoms with van der Waals surface area (Å²) in [5.41, 5.74) is 6.99. The highest BCUT2D eigenvalue weighted by Crippen LogP contribution is 2.38. The van der Waals surface area contributed by atoms with Crippen LogP contribution in [0.1, 0.15) is 40.7 Å². The SMILES string of the molecule is COCCN(C)Cc1ccc(S(N)(=O)=NC(=O)Nc2c3c(cc4c2CCC4)CCC3)cc1. The number of hydrogen-bond donors (Lipinski definition) is 2. The van der Waals surface area contributed by atoms with Gasteiger partial charge in [-0.15, -0.1) is 4.36 Å². The Labute approximate surface area is 190 Å². The summed E-state index contributed by atoms with van der Waals surface area (Å²) in [6.45, 7) is 2.21. The van der Waals surface area contributed by atoms with Gasteiger partial charge in [0, 0.05) is 25.9 Å². The van der Waals surface area contributed by atoms with Gasteiger partial charge in [0.05, 0.1) is 11.5 Å². The molecule has 0 radical (unpaired) electrons. The molecule has 2 aliphatic rings. The normalized spacial score (nSPS) is 16.5. The molecular weight excluding hydrogens is 424 g/mol. The number of methoxy groups -OCH3 is 1. The monoisotopic (exact) mass is 456 g/mol. The summed E-state index contributed by atoms with van der Waals surface area (Å²) in [6.07, 6.45) is 6.19. The molecule has 1 unspecified atom stereocenters. The van der Waals surface area contributed by atoms with Gasteiger partial charge in [-0.05, 0) is 85.5 Å². The summed E-state index contributed by atoms with van der Waals surface area (Å²) in [6, 6.07) is 8.78. The number of likely N-dealkylation sites (N-methyl/N-ethyl adjacent to an activating group) is 1. The van der Waals surface area contributed by atoms with Crippen molar-refractivity contribution in [2.75, 3.05) is 32.6 Å². The number of fused-ring (bicyclic) bond motifs is 2. The van der Waals surface area contributed by atoms with Crippen molar-refractivity contribution in [1.29, 1.82) is 0 Å². The molecular formula is C24H32N4O3S. The van der Waals surface area contributed by atoms with Crippen LogP contribution in [0.3, 0.4) is 0 Å². The third kappa shape index (κ3) is 5.04. The van der Waals surface area contributed by atoms with Crippen LogP contribution in [-0.2, 0) is 46.9 Å². The van der Waals surface area contributed by atoms with E-state index < -0.39 is 15.9 Å². The van der Waals surface area contributed by atoms with E-state index in [0.29, 0.717) is 11.5 Å². The molecule has 172 valence electrons. The number of carbonyl (C=O) groups excluding carboxylic acids is 1. The van der Waals surface area contributed by atoms with E-state index in [1.165, 1.54) is 22.3 Å². The van der Waals surface area contributed by atoms with E-state index in [9.17, 15) is 9.00 Å². The molecule has 3 N–H and O–H groups in total. The van der Waals surface area contributed by atoms with Crippen LogP contribution in [0, 0.1) is 0 Å². The first kappa shape index (κ1) is 22.9. The number of nitrogens with zero attached hydrogens (tertiary/aromatic N) is 2. The van der Waals surface area contributed by atoms with Gasteiger partial charge in [0.25, 0.3) is 0 Å². The van der Waals surface area contributed by atoms with E-state index in [1.54, 1.807) is 19.2 Å². The number of ether oxygens (including phenoxy) is 1. The third-order valence-corrected chi connectivity index (χ3v) is 7.70. The number of nitrogens with two attached hydrogens (primary N) is 1. The highest BCUT2D eigenvalue weighted by atomic mass is 32.2.